The lowest BCUT2D eigenvalue weighted by Crippen LogP contribution is -2.44. The highest BCUT2D eigenvalue weighted by Gasteiger charge is 2.19. The summed E-state index contributed by atoms with van der Waals surface area (Å²) in [6.45, 7) is 4.73. The first kappa shape index (κ1) is 20.5. The third-order valence-electron chi connectivity index (χ3n) is 6.41. The van der Waals surface area contributed by atoms with Gasteiger partial charge in [-0.05, 0) is 36.4 Å². The minimum atomic E-state index is 0.550. The molecule has 6 rings (SSSR count). The molecular formula is C24H26N10. The average molecular weight is 455 g/mol. The van der Waals surface area contributed by atoms with Crippen molar-refractivity contribution in [3.8, 4) is 0 Å². The minimum Gasteiger partial charge on any atom is -0.366 e. The molecule has 2 aliphatic heterocycles. The lowest BCUT2D eigenvalue weighted by Gasteiger charge is -2.33. The van der Waals surface area contributed by atoms with Crippen LogP contribution in [0.5, 0.6) is 0 Å². The number of fused-ring (bicyclic) bond motifs is 2. The molecule has 0 bridgehead atoms. The molecule has 2 aliphatic rings. The number of anilines is 4. The van der Waals surface area contributed by atoms with Crippen molar-refractivity contribution in [3.05, 3.63) is 59.9 Å². The first-order valence-corrected chi connectivity index (χ1v) is 11.4. The number of hydrogen-bond donors (Lipinski definition) is 2. The van der Waals surface area contributed by atoms with E-state index in [1.807, 2.05) is 31.6 Å². The Balaban J connectivity index is 1.25. The Morgan fingerprint density at radius 2 is 1.88 bits per heavy atom. The summed E-state index contributed by atoms with van der Waals surface area (Å²) >= 11 is 0. The number of benzene rings is 1. The average Bonchev–Trinajstić information content (AvgIpc) is 3.24. The van der Waals surface area contributed by atoms with Gasteiger partial charge in [-0.15, -0.1) is 5.10 Å². The maximum atomic E-state index is 4.76. The Morgan fingerprint density at radius 3 is 2.76 bits per heavy atom. The van der Waals surface area contributed by atoms with Crippen LogP contribution in [-0.2, 0) is 7.05 Å². The number of likely N-dealkylation sites (N-methyl/N-ethyl adjacent to an activating group) is 1. The van der Waals surface area contributed by atoms with Crippen molar-refractivity contribution in [1.82, 2.24) is 34.8 Å². The van der Waals surface area contributed by atoms with Crippen molar-refractivity contribution in [2.24, 2.45) is 7.05 Å². The van der Waals surface area contributed by atoms with E-state index in [-0.39, 0.29) is 0 Å². The zero-order valence-electron chi connectivity index (χ0n) is 19.2. The summed E-state index contributed by atoms with van der Waals surface area (Å²) in [5.74, 6) is 2.33. The van der Waals surface area contributed by atoms with Crippen LogP contribution in [-0.4, -0.2) is 74.6 Å². The maximum absolute atomic E-state index is 4.76. The van der Waals surface area contributed by atoms with E-state index in [0.717, 1.165) is 71.2 Å². The van der Waals surface area contributed by atoms with Crippen LogP contribution in [0.1, 0.15) is 11.1 Å². The molecule has 1 aromatic carbocycles. The lowest BCUT2D eigenvalue weighted by molar-refractivity contribution is 0.312. The first-order chi connectivity index (χ1) is 16.6. The van der Waals surface area contributed by atoms with E-state index in [9.17, 15) is 0 Å². The van der Waals surface area contributed by atoms with Crippen molar-refractivity contribution < 1.29 is 0 Å². The molecule has 0 aliphatic carbocycles. The van der Waals surface area contributed by atoms with Crippen LogP contribution in [0.3, 0.4) is 0 Å². The molecule has 1 fully saturated rings. The molecule has 1 saturated heterocycles. The second-order valence-electron chi connectivity index (χ2n) is 8.69. The summed E-state index contributed by atoms with van der Waals surface area (Å²) in [5, 5.41) is 15.0. The fourth-order valence-electron chi connectivity index (χ4n) is 4.44. The van der Waals surface area contributed by atoms with Crippen LogP contribution in [0.2, 0.25) is 0 Å². The van der Waals surface area contributed by atoms with E-state index in [1.165, 1.54) is 0 Å². The number of aryl methyl sites for hydroxylation is 1. The van der Waals surface area contributed by atoms with Crippen LogP contribution in [0.25, 0.3) is 16.6 Å². The van der Waals surface area contributed by atoms with Crippen molar-refractivity contribution in [1.29, 1.82) is 0 Å². The predicted octanol–water partition coefficient (Wildman–Crippen LogP) is 2.51. The van der Waals surface area contributed by atoms with E-state index in [1.54, 1.807) is 4.68 Å². The molecule has 2 N–H and O–H groups in total. The van der Waals surface area contributed by atoms with Crippen LogP contribution < -0.4 is 15.5 Å². The normalized spacial score (nSPS) is 16.2. The van der Waals surface area contributed by atoms with Crippen LogP contribution in [0, 0.1) is 0 Å². The molecule has 0 saturated carbocycles. The van der Waals surface area contributed by atoms with Gasteiger partial charge in [0.05, 0.1) is 5.52 Å². The Hall–Kier alpha value is -4.05. The number of piperazine rings is 1. The molecule has 3 aromatic heterocycles. The highest BCUT2D eigenvalue weighted by Crippen LogP contribution is 2.33. The minimum absolute atomic E-state index is 0.550. The molecule has 172 valence electrons. The molecule has 10 heteroatoms. The number of pyridine rings is 1. The Labute approximate surface area is 197 Å². The van der Waals surface area contributed by atoms with E-state index in [2.05, 4.69) is 72.0 Å². The zero-order valence-corrected chi connectivity index (χ0v) is 19.2. The van der Waals surface area contributed by atoms with Crippen molar-refractivity contribution in [2.75, 3.05) is 55.3 Å². The molecule has 4 aromatic rings. The van der Waals surface area contributed by atoms with Gasteiger partial charge in [-0.25, -0.2) is 14.6 Å². The summed E-state index contributed by atoms with van der Waals surface area (Å²) in [6, 6.07) is 10.2. The summed E-state index contributed by atoms with van der Waals surface area (Å²) in [6.07, 6.45) is 5.86. The van der Waals surface area contributed by atoms with Gasteiger partial charge in [0, 0.05) is 69.5 Å². The smallest absolute Gasteiger partial charge is 0.229 e. The van der Waals surface area contributed by atoms with Crippen LogP contribution in [0.15, 0.2) is 48.8 Å². The number of hydrogen-bond acceptors (Lipinski definition) is 9. The molecule has 0 unspecified atom stereocenters. The van der Waals surface area contributed by atoms with Gasteiger partial charge in [0.1, 0.15) is 17.2 Å². The third-order valence-corrected chi connectivity index (χ3v) is 6.41. The van der Waals surface area contributed by atoms with Gasteiger partial charge in [-0.1, -0.05) is 17.4 Å². The van der Waals surface area contributed by atoms with Gasteiger partial charge in [0.2, 0.25) is 5.95 Å². The SMILES string of the molecule is CN1CCN(c2cc(Nc3ncc4c(n3)NCC=C4c3ccc4nnn(C)c4c3)ccn2)CC1. The maximum Gasteiger partial charge on any atom is 0.229 e. The van der Waals surface area contributed by atoms with Gasteiger partial charge >= 0.3 is 0 Å². The fourth-order valence-corrected chi connectivity index (χ4v) is 4.44. The van der Waals surface area contributed by atoms with Gasteiger partial charge in [-0.2, -0.15) is 4.98 Å². The molecule has 10 nitrogen and oxygen atoms in total. The topological polar surface area (TPSA) is 99.9 Å². The lowest BCUT2D eigenvalue weighted by atomic mass is 9.96. The fraction of sp³-hybridized carbons (Fsp3) is 0.292. The van der Waals surface area contributed by atoms with Gasteiger partial charge in [0.25, 0.3) is 0 Å². The Morgan fingerprint density at radius 1 is 1.00 bits per heavy atom. The van der Waals surface area contributed by atoms with E-state index in [0.29, 0.717) is 12.5 Å². The molecule has 34 heavy (non-hydrogen) atoms. The molecule has 5 heterocycles. The zero-order chi connectivity index (χ0) is 23.1. The summed E-state index contributed by atoms with van der Waals surface area (Å²) < 4.78 is 1.79. The van der Waals surface area contributed by atoms with E-state index < -0.39 is 0 Å². The van der Waals surface area contributed by atoms with Crippen molar-refractivity contribution in [2.45, 2.75) is 0 Å². The highest BCUT2D eigenvalue weighted by atomic mass is 15.4. The van der Waals surface area contributed by atoms with Crippen LogP contribution >= 0.6 is 0 Å². The van der Waals surface area contributed by atoms with Crippen LogP contribution in [0.4, 0.5) is 23.3 Å². The van der Waals surface area contributed by atoms with E-state index >= 15 is 0 Å². The second kappa shape index (κ2) is 8.38. The third kappa shape index (κ3) is 3.81. The monoisotopic (exact) mass is 454 g/mol. The van der Waals surface area contributed by atoms with E-state index in [4.69, 9.17) is 4.98 Å². The number of nitrogens with one attached hydrogen (secondary N) is 2. The molecular weight excluding hydrogens is 428 g/mol. The van der Waals surface area contributed by atoms with Crippen molar-refractivity contribution >= 4 is 39.9 Å². The van der Waals surface area contributed by atoms with Gasteiger partial charge < -0.3 is 20.4 Å². The molecule has 0 atom stereocenters. The molecule has 0 amide bonds. The largest absolute Gasteiger partial charge is 0.366 e. The van der Waals surface area contributed by atoms with Gasteiger partial charge in [0.15, 0.2) is 0 Å². The molecule has 0 radical (unpaired) electrons. The first-order valence-electron chi connectivity index (χ1n) is 11.4. The quantitative estimate of drug-likeness (QED) is 0.482. The second-order valence-corrected chi connectivity index (χ2v) is 8.69. The summed E-state index contributed by atoms with van der Waals surface area (Å²) in [5.41, 5.74) is 5.96. The highest BCUT2D eigenvalue weighted by molar-refractivity contribution is 5.90. The standard InChI is InChI=1S/C24H26N10/c1-32-9-11-34(12-10-32)22-14-17(5-7-25-22)28-24-27-15-19-18(6-8-26-23(19)29-24)16-3-4-20-21(13-16)33(2)31-30-20/h3-7,13-15H,8-12H2,1-2H3,(H2,25,26,27,28,29). The molecule has 0 spiro atoms. The number of aromatic nitrogens is 6. The van der Waals surface area contributed by atoms with Gasteiger partial charge in [-0.3, -0.25) is 0 Å². The predicted molar refractivity (Wildman–Crippen MR) is 133 cm³/mol. The Kier molecular flexibility index (Phi) is 5.06. The van der Waals surface area contributed by atoms with Crippen molar-refractivity contribution in [3.63, 3.8) is 0 Å². The Bertz CT molecular complexity index is 1380. The summed E-state index contributed by atoms with van der Waals surface area (Å²) in [7, 11) is 4.05. The summed E-state index contributed by atoms with van der Waals surface area (Å²) in [4.78, 5) is 18.6. The number of rotatable bonds is 4. The number of nitrogens with zero attached hydrogens (tertiary/aromatic N) is 8.